The highest BCUT2D eigenvalue weighted by Gasteiger charge is 2.40. The van der Waals surface area contributed by atoms with Gasteiger partial charge in [0.25, 0.3) is 6.43 Å². The molecule has 0 aliphatic carbocycles. The molecule has 3 nitrogen and oxygen atoms in total. The van der Waals surface area contributed by atoms with E-state index in [0.29, 0.717) is 13.0 Å². The van der Waals surface area contributed by atoms with E-state index < -0.39 is 18.6 Å². The maximum atomic E-state index is 12.9. The summed E-state index contributed by atoms with van der Waals surface area (Å²) in [5.74, 6) is 0. The fraction of sp³-hybridized carbons (Fsp3) is 0.308. The number of ether oxygens (including phenoxy) is 1. The van der Waals surface area contributed by atoms with Gasteiger partial charge >= 0.3 is 0 Å². The maximum Gasteiger partial charge on any atom is 0.261 e. The second kappa shape index (κ2) is 10.1. The van der Waals surface area contributed by atoms with Crippen LogP contribution in [0.4, 0.5) is 8.78 Å². The Bertz CT molecular complexity index is 825. The van der Waals surface area contributed by atoms with Crippen LogP contribution in [-0.4, -0.2) is 38.3 Å². The topological polar surface area (TPSA) is 33.3 Å². The summed E-state index contributed by atoms with van der Waals surface area (Å²) in [5.41, 5.74) is 2.61. The van der Waals surface area contributed by atoms with Gasteiger partial charge in [-0.15, -0.1) is 0 Å². The molecule has 1 aliphatic rings. The number of piperidine rings is 1. The van der Waals surface area contributed by atoms with Crippen molar-refractivity contribution in [2.75, 3.05) is 19.7 Å². The Hall–Kier alpha value is -2.60. The molecule has 0 amide bonds. The van der Waals surface area contributed by atoms with Crippen molar-refractivity contribution in [2.45, 2.75) is 30.5 Å². The van der Waals surface area contributed by atoms with Crippen molar-refractivity contribution in [2.24, 2.45) is 0 Å². The molecule has 31 heavy (non-hydrogen) atoms. The van der Waals surface area contributed by atoms with Crippen LogP contribution in [0.5, 0.6) is 0 Å². The molecule has 1 heterocycles. The van der Waals surface area contributed by atoms with Crippen LogP contribution in [0.15, 0.2) is 91.0 Å². The predicted molar refractivity (Wildman–Crippen MR) is 119 cm³/mol. The quantitative estimate of drug-likeness (QED) is 0.522. The van der Waals surface area contributed by atoms with Crippen molar-refractivity contribution in [3.8, 4) is 0 Å². The second-order valence-electron chi connectivity index (χ2n) is 7.85. The Morgan fingerprint density at radius 1 is 0.839 bits per heavy atom. The molecule has 3 aromatic carbocycles. The normalized spacial score (nSPS) is 19.5. The number of alkyl halides is 2. The zero-order chi connectivity index (χ0) is 21.5. The number of rotatable bonds is 8. The SMILES string of the molecule is FC(F)COC1CCNCC1NC(c1ccccc1)(c1ccccc1)c1ccccc1. The van der Waals surface area contributed by atoms with E-state index in [2.05, 4.69) is 47.0 Å². The number of halogens is 2. The summed E-state index contributed by atoms with van der Waals surface area (Å²) in [6.45, 7) is 0.848. The smallest absolute Gasteiger partial charge is 0.261 e. The Morgan fingerprint density at radius 2 is 1.32 bits per heavy atom. The molecule has 5 heteroatoms. The maximum absolute atomic E-state index is 12.9. The lowest BCUT2D eigenvalue weighted by Gasteiger charge is -2.43. The number of benzene rings is 3. The van der Waals surface area contributed by atoms with Crippen LogP contribution in [0.3, 0.4) is 0 Å². The lowest BCUT2D eigenvalue weighted by molar-refractivity contribution is -0.0490. The van der Waals surface area contributed by atoms with Crippen LogP contribution < -0.4 is 10.6 Å². The minimum Gasteiger partial charge on any atom is -0.371 e. The third-order valence-electron chi connectivity index (χ3n) is 5.88. The molecule has 0 saturated carbocycles. The van der Waals surface area contributed by atoms with E-state index in [1.165, 1.54) is 0 Å². The molecule has 162 valence electrons. The van der Waals surface area contributed by atoms with Crippen LogP contribution in [0, 0.1) is 0 Å². The summed E-state index contributed by atoms with van der Waals surface area (Å²) in [7, 11) is 0. The van der Waals surface area contributed by atoms with Crippen molar-refractivity contribution < 1.29 is 13.5 Å². The van der Waals surface area contributed by atoms with Gasteiger partial charge in [-0.2, -0.15) is 0 Å². The molecule has 3 aromatic rings. The highest BCUT2D eigenvalue weighted by atomic mass is 19.3. The van der Waals surface area contributed by atoms with Gasteiger partial charge in [-0.25, -0.2) is 8.78 Å². The van der Waals surface area contributed by atoms with Crippen LogP contribution in [0.2, 0.25) is 0 Å². The van der Waals surface area contributed by atoms with Gasteiger partial charge in [-0.1, -0.05) is 91.0 Å². The lowest BCUT2D eigenvalue weighted by atomic mass is 9.76. The molecule has 1 aliphatic heterocycles. The first-order valence-electron chi connectivity index (χ1n) is 10.7. The molecule has 2 N–H and O–H groups in total. The van der Waals surface area contributed by atoms with Gasteiger partial charge < -0.3 is 10.1 Å². The highest BCUT2D eigenvalue weighted by molar-refractivity contribution is 5.49. The summed E-state index contributed by atoms with van der Waals surface area (Å²) in [6.07, 6.45) is -2.10. The molecule has 0 aromatic heterocycles. The van der Waals surface area contributed by atoms with Gasteiger partial charge in [0.2, 0.25) is 0 Å². The largest absolute Gasteiger partial charge is 0.371 e. The standard InChI is InChI=1S/C26H28F2N2O/c27-25(28)19-31-24-16-17-29-18-23(24)30-26(20-10-4-1-5-11-20,21-12-6-2-7-13-21)22-14-8-3-9-15-22/h1-15,23-25,29-30H,16-19H2. The minimum atomic E-state index is -2.47. The average molecular weight is 423 g/mol. The summed E-state index contributed by atoms with van der Waals surface area (Å²) in [6, 6.07) is 30.7. The van der Waals surface area contributed by atoms with Gasteiger partial charge in [0.15, 0.2) is 0 Å². The van der Waals surface area contributed by atoms with Crippen molar-refractivity contribution in [3.63, 3.8) is 0 Å². The number of hydrogen-bond donors (Lipinski definition) is 2. The first kappa shape index (κ1) is 21.6. The summed E-state index contributed by atoms with van der Waals surface area (Å²) < 4.78 is 31.4. The van der Waals surface area contributed by atoms with E-state index in [4.69, 9.17) is 4.74 Å². The molecule has 2 atom stereocenters. The van der Waals surface area contributed by atoms with Gasteiger partial charge in [-0.3, -0.25) is 5.32 Å². The fourth-order valence-electron chi connectivity index (χ4n) is 4.47. The van der Waals surface area contributed by atoms with E-state index in [9.17, 15) is 8.78 Å². The average Bonchev–Trinajstić information content (AvgIpc) is 2.83. The van der Waals surface area contributed by atoms with E-state index in [1.807, 2.05) is 54.6 Å². The zero-order valence-corrected chi connectivity index (χ0v) is 17.4. The van der Waals surface area contributed by atoms with Crippen molar-refractivity contribution in [3.05, 3.63) is 108 Å². The molecule has 0 bridgehead atoms. The molecule has 2 unspecified atom stereocenters. The van der Waals surface area contributed by atoms with Gasteiger partial charge in [0.1, 0.15) is 6.61 Å². The minimum absolute atomic E-state index is 0.145. The molecule has 1 fully saturated rings. The van der Waals surface area contributed by atoms with Crippen molar-refractivity contribution in [1.29, 1.82) is 0 Å². The predicted octanol–water partition coefficient (Wildman–Crippen LogP) is 4.58. The van der Waals surface area contributed by atoms with E-state index in [1.54, 1.807) is 0 Å². The van der Waals surface area contributed by atoms with Gasteiger partial charge in [0, 0.05) is 12.6 Å². The Labute approximate surface area is 182 Å². The van der Waals surface area contributed by atoms with Crippen molar-refractivity contribution >= 4 is 0 Å². The first-order valence-corrected chi connectivity index (χ1v) is 10.7. The Kier molecular flexibility index (Phi) is 7.07. The van der Waals surface area contributed by atoms with Crippen molar-refractivity contribution in [1.82, 2.24) is 10.6 Å². The number of nitrogens with one attached hydrogen (secondary N) is 2. The third kappa shape index (κ3) is 4.85. The van der Waals surface area contributed by atoms with E-state index in [0.717, 1.165) is 23.2 Å². The summed E-state index contributed by atoms with van der Waals surface area (Å²) in [4.78, 5) is 0. The summed E-state index contributed by atoms with van der Waals surface area (Å²) in [5, 5.41) is 7.26. The third-order valence-corrected chi connectivity index (χ3v) is 5.88. The fourth-order valence-corrected chi connectivity index (χ4v) is 4.47. The molecule has 0 radical (unpaired) electrons. The van der Waals surface area contributed by atoms with E-state index in [-0.39, 0.29) is 12.1 Å². The highest BCUT2D eigenvalue weighted by Crippen LogP contribution is 2.37. The Morgan fingerprint density at radius 3 is 1.77 bits per heavy atom. The molecule has 0 spiro atoms. The molecular weight excluding hydrogens is 394 g/mol. The van der Waals surface area contributed by atoms with E-state index >= 15 is 0 Å². The zero-order valence-electron chi connectivity index (χ0n) is 17.4. The van der Waals surface area contributed by atoms with Crippen LogP contribution >= 0.6 is 0 Å². The number of hydrogen-bond acceptors (Lipinski definition) is 3. The van der Waals surface area contributed by atoms with Gasteiger partial charge in [0.05, 0.1) is 11.6 Å². The van der Waals surface area contributed by atoms with Gasteiger partial charge in [-0.05, 0) is 29.7 Å². The summed E-state index contributed by atoms with van der Waals surface area (Å²) >= 11 is 0. The van der Waals surface area contributed by atoms with Crippen LogP contribution in [-0.2, 0) is 10.3 Å². The van der Waals surface area contributed by atoms with Crippen LogP contribution in [0.25, 0.3) is 0 Å². The first-order chi connectivity index (χ1) is 15.2. The lowest BCUT2D eigenvalue weighted by Crippen LogP contribution is -2.60. The molecular formula is C26H28F2N2O. The molecule has 4 rings (SSSR count). The van der Waals surface area contributed by atoms with Crippen LogP contribution in [0.1, 0.15) is 23.1 Å². The monoisotopic (exact) mass is 422 g/mol. The molecule has 1 saturated heterocycles. The second-order valence-corrected chi connectivity index (χ2v) is 7.85. The Balaban J connectivity index is 1.82.